The summed E-state index contributed by atoms with van der Waals surface area (Å²) in [6.45, 7) is -0.954. The van der Waals surface area contributed by atoms with Gasteiger partial charge in [0.2, 0.25) is 0 Å². The van der Waals surface area contributed by atoms with Crippen molar-refractivity contribution in [3.63, 3.8) is 0 Å². The highest BCUT2D eigenvalue weighted by molar-refractivity contribution is 5.27. The fourth-order valence-electron chi connectivity index (χ4n) is 0.782. The summed E-state index contributed by atoms with van der Waals surface area (Å²) in [7, 11) is 0. The summed E-state index contributed by atoms with van der Waals surface area (Å²) in [4.78, 5) is 13.1. The molecule has 1 rings (SSSR count). The molecule has 0 bridgehead atoms. The smallest absolute Gasteiger partial charge is 0.287 e. The predicted octanol–water partition coefficient (Wildman–Crippen LogP) is 0.993. The molecule has 0 radical (unpaired) electrons. The maximum absolute atomic E-state index is 11.9. The molecule has 1 unspecified atom stereocenters. The zero-order chi connectivity index (χ0) is 9.84. The maximum atomic E-state index is 11.9. The van der Waals surface area contributed by atoms with Gasteiger partial charge in [-0.15, -0.1) is 0 Å². The van der Waals surface area contributed by atoms with Gasteiger partial charge in [-0.2, -0.15) is 0 Å². The molecular formula is C7H7FN2O3. The minimum absolute atomic E-state index is 0.0908. The molecule has 0 aliphatic heterocycles. The van der Waals surface area contributed by atoms with E-state index in [-0.39, 0.29) is 11.4 Å². The monoisotopic (exact) mass is 186 g/mol. The summed E-state index contributed by atoms with van der Waals surface area (Å²) in [5.74, 6) is 0. The third-order valence-electron chi connectivity index (χ3n) is 1.47. The Hall–Kier alpha value is -1.56. The van der Waals surface area contributed by atoms with E-state index in [1.54, 1.807) is 0 Å². The van der Waals surface area contributed by atoms with Crippen molar-refractivity contribution in [1.82, 2.24) is 4.98 Å². The third kappa shape index (κ3) is 2.19. The third-order valence-corrected chi connectivity index (χ3v) is 1.47. The van der Waals surface area contributed by atoms with Gasteiger partial charge in [0.05, 0.1) is 10.6 Å². The van der Waals surface area contributed by atoms with Crippen molar-refractivity contribution in [2.45, 2.75) is 6.10 Å². The van der Waals surface area contributed by atoms with Crippen LogP contribution in [0, 0.1) is 10.1 Å². The molecule has 0 fully saturated rings. The van der Waals surface area contributed by atoms with Crippen molar-refractivity contribution >= 4 is 5.69 Å². The molecule has 5 nitrogen and oxygen atoms in total. The van der Waals surface area contributed by atoms with Gasteiger partial charge >= 0.3 is 0 Å². The first-order valence-electron chi connectivity index (χ1n) is 3.49. The van der Waals surface area contributed by atoms with Gasteiger partial charge in [-0.1, -0.05) is 0 Å². The summed E-state index contributed by atoms with van der Waals surface area (Å²) in [6, 6.07) is 2.39. The summed E-state index contributed by atoms with van der Waals surface area (Å²) in [5.41, 5.74) is -0.0945. The molecule has 0 amide bonds. The molecule has 0 spiro atoms. The van der Waals surface area contributed by atoms with Gasteiger partial charge in [-0.05, 0) is 6.07 Å². The van der Waals surface area contributed by atoms with E-state index in [1.807, 2.05) is 0 Å². The Labute approximate surface area is 73.0 Å². The molecule has 6 heteroatoms. The van der Waals surface area contributed by atoms with Crippen LogP contribution in [0.2, 0.25) is 0 Å². The minimum atomic E-state index is -1.30. The fourth-order valence-corrected chi connectivity index (χ4v) is 0.782. The summed E-state index contributed by atoms with van der Waals surface area (Å²) in [5, 5.41) is 19.1. The molecule has 1 aromatic rings. The van der Waals surface area contributed by atoms with E-state index in [9.17, 15) is 14.5 Å². The number of hydrogen-bond donors (Lipinski definition) is 1. The Morgan fingerprint density at radius 2 is 2.38 bits per heavy atom. The van der Waals surface area contributed by atoms with Crippen LogP contribution in [0.4, 0.5) is 10.1 Å². The van der Waals surface area contributed by atoms with Crippen molar-refractivity contribution in [3.05, 3.63) is 34.1 Å². The van der Waals surface area contributed by atoms with Crippen LogP contribution >= 0.6 is 0 Å². The van der Waals surface area contributed by atoms with Crippen LogP contribution in [0.1, 0.15) is 11.8 Å². The van der Waals surface area contributed by atoms with E-state index in [4.69, 9.17) is 5.11 Å². The number of aliphatic hydroxyl groups is 1. The van der Waals surface area contributed by atoms with Crippen LogP contribution in [0.15, 0.2) is 18.3 Å². The van der Waals surface area contributed by atoms with Gasteiger partial charge in [-0.3, -0.25) is 15.1 Å². The summed E-state index contributed by atoms with van der Waals surface area (Å²) < 4.78 is 11.9. The highest BCUT2D eigenvalue weighted by atomic mass is 19.1. The quantitative estimate of drug-likeness (QED) is 0.564. The van der Waals surface area contributed by atoms with E-state index >= 15 is 0 Å². The van der Waals surface area contributed by atoms with E-state index in [0.29, 0.717) is 0 Å². The normalized spacial score (nSPS) is 12.5. The van der Waals surface area contributed by atoms with Crippen LogP contribution in [0.25, 0.3) is 0 Å². The topological polar surface area (TPSA) is 76.3 Å². The van der Waals surface area contributed by atoms with Gasteiger partial charge in [0.1, 0.15) is 19.0 Å². The molecule has 13 heavy (non-hydrogen) atoms. The average molecular weight is 186 g/mol. The second-order valence-electron chi connectivity index (χ2n) is 2.37. The Kier molecular flexibility index (Phi) is 2.86. The Morgan fingerprint density at radius 1 is 1.69 bits per heavy atom. The number of nitrogens with zero attached hydrogens (tertiary/aromatic N) is 2. The second-order valence-corrected chi connectivity index (χ2v) is 2.37. The summed E-state index contributed by atoms with van der Waals surface area (Å²) >= 11 is 0. The minimum Gasteiger partial charge on any atom is -0.384 e. The Balaban J connectivity index is 2.87. The number of pyridine rings is 1. The number of halogens is 1. The van der Waals surface area contributed by atoms with Crippen LogP contribution in [0.3, 0.4) is 0 Å². The number of nitro groups is 1. The van der Waals surface area contributed by atoms with E-state index in [2.05, 4.69) is 4.98 Å². The molecular weight excluding hydrogens is 179 g/mol. The highest BCUT2D eigenvalue weighted by Crippen LogP contribution is 2.14. The zero-order valence-electron chi connectivity index (χ0n) is 6.55. The molecule has 1 heterocycles. The molecule has 1 N–H and O–H groups in total. The lowest BCUT2D eigenvalue weighted by atomic mass is 10.2. The van der Waals surface area contributed by atoms with Gasteiger partial charge in [0.25, 0.3) is 5.69 Å². The SMILES string of the molecule is O=[N+]([O-])c1ccc(C(O)CF)nc1. The van der Waals surface area contributed by atoms with Crippen LogP contribution in [0.5, 0.6) is 0 Å². The van der Waals surface area contributed by atoms with Crippen LogP contribution < -0.4 is 0 Å². The lowest BCUT2D eigenvalue weighted by Gasteiger charge is -2.03. The maximum Gasteiger partial charge on any atom is 0.287 e. The first kappa shape index (κ1) is 9.53. The van der Waals surface area contributed by atoms with Crippen molar-refractivity contribution in [1.29, 1.82) is 0 Å². The largest absolute Gasteiger partial charge is 0.384 e. The fraction of sp³-hybridized carbons (Fsp3) is 0.286. The predicted molar refractivity (Wildman–Crippen MR) is 41.8 cm³/mol. The van der Waals surface area contributed by atoms with E-state index in [0.717, 1.165) is 6.20 Å². The van der Waals surface area contributed by atoms with E-state index < -0.39 is 17.7 Å². The standard InChI is InChI=1S/C7H7FN2O3/c8-3-7(11)6-2-1-5(4-9-6)10(12)13/h1-2,4,7,11H,3H2. The molecule has 1 aromatic heterocycles. The number of aromatic nitrogens is 1. The Morgan fingerprint density at radius 3 is 2.77 bits per heavy atom. The number of alkyl halides is 1. The lowest BCUT2D eigenvalue weighted by molar-refractivity contribution is -0.385. The van der Waals surface area contributed by atoms with Gasteiger partial charge in [0, 0.05) is 6.07 Å². The molecule has 1 atom stereocenters. The van der Waals surface area contributed by atoms with Crippen LogP contribution in [-0.4, -0.2) is 21.7 Å². The number of hydrogen-bond acceptors (Lipinski definition) is 4. The molecule has 0 aliphatic rings. The van der Waals surface area contributed by atoms with Crippen LogP contribution in [-0.2, 0) is 0 Å². The molecule has 0 aliphatic carbocycles. The highest BCUT2D eigenvalue weighted by Gasteiger charge is 2.10. The first-order valence-corrected chi connectivity index (χ1v) is 3.49. The van der Waals surface area contributed by atoms with Crippen molar-refractivity contribution in [2.24, 2.45) is 0 Å². The molecule has 0 saturated heterocycles. The van der Waals surface area contributed by atoms with Gasteiger partial charge in [0.15, 0.2) is 0 Å². The summed E-state index contributed by atoms with van der Waals surface area (Å²) in [6.07, 6.45) is -0.324. The van der Waals surface area contributed by atoms with Crippen molar-refractivity contribution in [3.8, 4) is 0 Å². The molecule has 0 saturated carbocycles. The number of aliphatic hydroxyl groups excluding tert-OH is 1. The molecule has 0 aromatic carbocycles. The molecule has 70 valence electrons. The lowest BCUT2D eigenvalue weighted by Crippen LogP contribution is -2.02. The van der Waals surface area contributed by atoms with E-state index in [1.165, 1.54) is 12.1 Å². The van der Waals surface area contributed by atoms with Gasteiger partial charge in [-0.25, -0.2) is 4.39 Å². The van der Waals surface area contributed by atoms with Crippen molar-refractivity contribution in [2.75, 3.05) is 6.67 Å². The second kappa shape index (κ2) is 3.90. The Bertz CT molecular complexity index is 301. The van der Waals surface area contributed by atoms with Crippen molar-refractivity contribution < 1.29 is 14.4 Å². The zero-order valence-corrected chi connectivity index (χ0v) is 6.55. The number of rotatable bonds is 3. The first-order chi connectivity index (χ1) is 6.15. The van der Waals surface area contributed by atoms with Gasteiger partial charge < -0.3 is 5.11 Å². The average Bonchev–Trinajstić information content (AvgIpc) is 2.17.